The second-order valence-corrected chi connectivity index (χ2v) is 10.4. The minimum absolute atomic E-state index is 0.469. The van der Waals surface area contributed by atoms with E-state index in [1.165, 1.54) is 51.4 Å². The van der Waals surface area contributed by atoms with Crippen molar-refractivity contribution >= 4 is 0 Å². The molecule has 23 heavy (non-hydrogen) atoms. The molecule has 136 valence electrons. The van der Waals surface area contributed by atoms with Crippen molar-refractivity contribution in [1.82, 2.24) is 10.6 Å². The van der Waals surface area contributed by atoms with E-state index in [-0.39, 0.29) is 0 Å². The average molecular weight is 323 g/mol. The van der Waals surface area contributed by atoms with Crippen LogP contribution in [0.3, 0.4) is 0 Å². The number of nitrogens with one attached hydrogen (secondary N) is 2. The summed E-state index contributed by atoms with van der Waals surface area (Å²) in [4.78, 5) is 0. The Morgan fingerprint density at radius 1 is 0.652 bits per heavy atom. The highest BCUT2D eigenvalue weighted by molar-refractivity contribution is 4.86. The Bertz CT molecular complexity index is 316. The van der Waals surface area contributed by atoms with E-state index in [4.69, 9.17) is 0 Å². The minimum atomic E-state index is 0.469. The van der Waals surface area contributed by atoms with Gasteiger partial charge in [-0.25, -0.2) is 0 Å². The highest BCUT2D eigenvalue weighted by Crippen LogP contribution is 2.38. The van der Waals surface area contributed by atoms with Gasteiger partial charge in [0.15, 0.2) is 0 Å². The molecule has 2 aliphatic carbocycles. The van der Waals surface area contributed by atoms with Gasteiger partial charge in [-0.15, -0.1) is 0 Å². The van der Waals surface area contributed by atoms with Crippen LogP contribution in [0.25, 0.3) is 0 Å². The first kappa shape index (κ1) is 19.2. The maximum absolute atomic E-state index is 3.81. The van der Waals surface area contributed by atoms with E-state index < -0.39 is 0 Å². The summed E-state index contributed by atoms with van der Waals surface area (Å²) in [6.07, 6.45) is 11.1. The molecule has 0 amide bonds. The summed E-state index contributed by atoms with van der Waals surface area (Å²) in [6.45, 7) is 15.5. The quantitative estimate of drug-likeness (QED) is 0.683. The van der Waals surface area contributed by atoms with Gasteiger partial charge in [0.25, 0.3) is 0 Å². The van der Waals surface area contributed by atoms with Crippen LogP contribution in [0, 0.1) is 22.7 Å². The van der Waals surface area contributed by atoms with Crippen LogP contribution < -0.4 is 10.6 Å². The summed E-state index contributed by atoms with van der Waals surface area (Å²) in [5.74, 6) is 1.77. The second-order valence-electron chi connectivity index (χ2n) is 10.4. The van der Waals surface area contributed by atoms with Crippen molar-refractivity contribution in [2.45, 2.75) is 105 Å². The molecule has 0 radical (unpaired) electrons. The maximum Gasteiger partial charge on any atom is 0.0458 e. The highest BCUT2D eigenvalue weighted by atomic mass is 15.1. The topological polar surface area (TPSA) is 24.1 Å². The van der Waals surface area contributed by atoms with Crippen molar-refractivity contribution in [2.24, 2.45) is 22.7 Å². The molecule has 2 rings (SSSR count). The standard InChI is InChI=1S/C21H42N2/c1-20(2,3)16-9-7-11-18(13-16)22-15-23-19-12-8-10-17(14-19)21(4,5)6/h16-19,22-23H,7-15H2,1-6H3. The predicted octanol–water partition coefficient (Wildman–Crippen LogP) is 5.33. The lowest BCUT2D eigenvalue weighted by atomic mass is 9.71. The van der Waals surface area contributed by atoms with Gasteiger partial charge in [0.2, 0.25) is 0 Å². The maximum atomic E-state index is 3.81. The van der Waals surface area contributed by atoms with E-state index in [2.05, 4.69) is 52.2 Å². The zero-order valence-electron chi connectivity index (χ0n) is 16.7. The number of rotatable bonds is 4. The van der Waals surface area contributed by atoms with Gasteiger partial charge in [0.05, 0.1) is 0 Å². The van der Waals surface area contributed by atoms with E-state index in [1.807, 2.05) is 0 Å². The van der Waals surface area contributed by atoms with E-state index in [0.717, 1.165) is 30.6 Å². The molecule has 2 saturated carbocycles. The van der Waals surface area contributed by atoms with Gasteiger partial charge in [-0.05, 0) is 61.2 Å². The lowest BCUT2D eigenvalue weighted by Gasteiger charge is -2.39. The fourth-order valence-corrected chi connectivity index (χ4v) is 4.67. The van der Waals surface area contributed by atoms with Gasteiger partial charge in [-0.3, -0.25) is 0 Å². The molecule has 2 aliphatic rings. The molecule has 0 aromatic carbocycles. The Labute approximate surface area is 145 Å². The molecule has 0 heterocycles. The SMILES string of the molecule is CC(C)(C)C1CCCC(NCNC2CCCC(C(C)(C)C)C2)C1. The summed E-state index contributed by atoms with van der Waals surface area (Å²) in [6, 6.07) is 1.45. The molecule has 0 aliphatic heterocycles. The Hall–Kier alpha value is -0.0800. The first-order valence-corrected chi connectivity index (χ1v) is 10.1. The van der Waals surface area contributed by atoms with E-state index in [9.17, 15) is 0 Å². The molecule has 0 aromatic heterocycles. The van der Waals surface area contributed by atoms with Gasteiger partial charge in [0.1, 0.15) is 0 Å². The summed E-state index contributed by atoms with van der Waals surface area (Å²) in [5, 5.41) is 7.63. The Morgan fingerprint density at radius 3 is 1.39 bits per heavy atom. The fraction of sp³-hybridized carbons (Fsp3) is 1.00. The molecule has 2 fully saturated rings. The van der Waals surface area contributed by atoms with Crippen molar-refractivity contribution in [2.75, 3.05) is 6.67 Å². The molecule has 2 heteroatoms. The molecule has 2 N–H and O–H groups in total. The van der Waals surface area contributed by atoms with Crippen LogP contribution in [0.2, 0.25) is 0 Å². The fourth-order valence-electron chi connectivity index (χ4n) is 4.67. The third kappa shape index (κ3) is 6.05. The molecular weight excluding hydrogens is 280 g/mol. The third-order valence-corrected chi connectivity index (χ3v) is 6.58. The summed E-state index contributed by atoms with van der Waals surface area (Å²) in [5.41, 5.74) is 0.939. The van der Waals surface area contributed by atoms with Crippen molar-refractivity contribution in [3.8, 4) is 0 Å². The van der Waals surface area contributed by atoms with Crippen LogP contribution in [0.1, 0.15) is 92.9 Å². The molecule has 0 saturated heterocycles. The van der Waals surface area contributed by atoms with Crippen LogP contribution in [0.5, 0.6) is 0 Å². The van der Waals surface area contributed by atoms with Gasteiger partial charge < -0.3 is 10.6 Å². The first-order valence-electron chi connectivity index (χ1n) is 10.1. The number of hydrogen-bond donors (Lipinski definition) is 2. The lowest BCUT2D eigenvalue weighted by Crippen LogP contribution is -2.46. The van der Waals surface area contributed by atoms with Gasteiger partial charge >= 0.3 is 0 Å². The van der Waals surface area contributed by atoms with Crippen LogP contribution in [-0.4, -0.2) is 18.8 Å². The van der Waals surface area contributed by atoms with Crippen LogP contribution >= 0.6 is 0 Å². The zero-order chi connectivity index (χ0) is 17.1. The summed E-state index contributed by atoms with van der Waals surface area (Å²) < 4.78 is 0. The smallest absolute Gasteiger partial charge is 0.0458 e. The largest absolute Gasteiger partial charge is 0.302 e. The van der Waals surface area contributed by atoms with Crippen molar-refractivity contribution in [3.63, 3.8) is 0 Å². The molecule has 0 aromatic rings. The monoisotopic (exact) mass is 322 g/mol. The van der Waals surface area contributed by atoms with Crippen molar-refractivity contribution in [3.05, 3.63) is 0 Å². The molecular formula is C21H42N2. The molecule has 2 nitrogen and oxygen atoms in total. The second kappa shape index (κ2) is 7.87. The predicted molar refractivity (Wildman–Crippen MR) is 102 cm³/mol. The number of hydrogen-bond acceptors (Lipinski definition) is 2. The summed E-state index contributed by atoms with van der Waals surface area (Å²) >= 11 is 0. The highest BCUT2D eigenvalue weighted by Gasteiger charge is 2.32. The van der Waals surface area contributed by atoms with E-state index in [0.29, 0.717) is 10.8 Å². The van der Waals surface area contributed by atoms with Crippen LogP contribution in [0.4, 0.5) is 0 Å². The van der Waals surface area contributed by atoms with Crippen molar-refractivity contribution in [1.29, 1.82) is 0 Å². The average Bonchev–Trinajstić information content (AvgIpc) is 2.46. The zero-order valence-corrected chi connectivity index (χ0v) is 16.7. The normalized spacial score (nSPS) is 33.7. The molecule has 4 atom stereocenters. The van der Waals surface area contributed by atoms with Crippen LogP contribution in [0.15, 0.2) is 0 Å². The Balaban J connectivity index is 1.70. The molecule has 4 unspecified atom stereocenters. The molecule has 0 spiro atoms. The van der Waals surface area contributed by atoms with E-state index in [1.54, 1.807) is 0 Å². The first-order chi connectivity index (χ1) is 10.7. The lowest BCUT2D eigenvalue weighted by molar-refractivity contribution is 0.142. The van der Waals surface area contributed by atoms with Crippen LogP contribution in [-0.2, 0) is 0 Å². The Morgan fingerprint density at radius 2 is 1.04 bits per heavy atom. The van der Waals surface area contributed by atoms with Gasteiger partial charge in [0, 0.05) is 18.8 Å². The minimum Gasteiger partial charge on any atom is -0.302 e. The third-order valence-electron chi connectivity index (χ3n) is 6.58. The van der Waals surface area contributed by atoms with Crippen molar-refractivity contribution < 1.29 is 0 Å². The van der Waals surface area contributed by atoms with Gasteiger partial charge in [-0.2, -0.15) is 0 Å². The van der Waals surface area contributed by atoms with E-state index >= 15 is 0 Å². The summed E-state index contributed by atoms with van der Waals surface area (Å²) in [7, 11) is 0. The van der Waals surface area contributed by atoms with Gasteiger partial charge in [-0.1, -0.05) is 54.4 Å². The molecule has 0 bridgehead atoms. The Kier molecular flexibility index (Phi) is 6.58.